The number of hydrogen-bond donors (Lipinski definition) is 2. The van der Waals surface area contributed by atoms with E-state index in [0.717, 1.165) is 52.9 Å². The maximum absolute atomic E-state index is 15.3. The molecule has 0 amide bonds. The lowest BCUT2D eigenvalue weighted by Gasteiger charge is -2.14. The number of aromatic carboxylic acids is 1. The third-order valence-electron chi connectivity index (χ3n) is 7.58. The zero-order chi connectivity index (χ0) is 30.2. The van der Waals surface area contributed by atoms with Crippen LogP contribution in [0.25, 0.3) is 27.5 Å². The van der Waals surface area contributed by atoms with Crippen molar-refractivity contribution in [3.05, 3.63) is 100 Å². The molecule has 2 aromatic heterocycles. The molecule has 2 heterocycles. The minimum Gasteiger partial charge on any atom is -0.476 e. The summed E-state index contributed by atoms with van der Waals surface area (Å²) in [5.41, 5.74) is 5.85. The summed E-state index contributed by atoms with van der Waals surface area (Å²) < 4.78 is 31.8. The van der Waals surface area contributed by atoms with E-state index >= 15 is 4.39 Å². The van der Waals surface area contributed by atoms with E-state index in [1.54, 1.807) is 22.9 Å². The quantitative estimate of drug-likeness (QED) is 0.160. The molecule has 11 heteroatoms. The zero-order valence-corrected chi connectivity index (χ0v) is 25.2. The van der Waals surface area contributed by atoms with Crippen molar-refractivity contribution in [2.45, 2.75) is 30.6 Å². The summed E-state index contributed by atoms with van der Waals surface area (Å²) in [6, 6.07) is 17.6. The van der Waals surface area contributed by atoms with Gasteiger partial charge in [0.2, 0.25) is 5.13 Å². The molecule has 1 fully saturated rings. The minimum absolute atomic E-state index is 0.0576. The topological polar surface area (TPSA) is 97.3 Å². The van der Waals surface area contributed by atoms with Gasteiger partial charge in [-0.15, -0.1) is 11.3 Å². The van der Waals surface area contributed by atoms with E-state index in [1.807, 2.05) is 49.3 Å². The van der Waals surface area contributed by atoms with E-state index in [2.05, 4.69) is 4.98 Å². The summed E-state index contributed by atoms with van der Waals surface area (Å²) in [6.07, 6.45) is 3.24. The summed E-state index contributed by atoms with van der Waals surface area (Å²) in [6.45, 7) is 0. The molecular weight excluding hydrogens is 589 g/mol. The molecular formula is C32H29F2N5O2S2. The number of carbonyl (C=O) groups is 1. The van der Waals surface area contributed by atoms with Crippen molar-refractivity contribution in [2.24, 2.45) is 11.1 Å². The normalized spacial score (nSPS) is 13.0. The number of benzene rings is 3. The number of hydrogen-bond acceptors (Lipinski definition) is 7. The summed E-state index contributed by atoms with van der Waals surface area (Å²) in [4.78, 5) is 18.3. The number of anilines is 1. The molecule has 1 saturated carbocycles. The molecule has 0 aliphatic heterocycles. The van der Waals surface area contributed by atoms with Gasteiger partial charge in [-0.1, -0.05) is 18.2 Å². The Morgan fingerprint density at radius 3 is 2.58 bits per heavy atom. The molecule has 7 nitrogen and oxygen atoms in total. The van der Waals surface area contributed by atoms with Crippen LogP contribution in [0.5, 0.6) is 0 Å². The van der Waals surface area contributed by atoms with Crippen LogP contribution in [-0.2, 0) is 12.8 Å². The fraction of sp³-hybridized carbons (Fsp3) is 0.219. The predicted octanol–water partition coefficient (Wildman–Crippen LogP) is 7.21. The van der Waals surface area contributed by atoms with Crippen LogP contribution in [0, 0.1) is 17.6 Å². The SMILES string of the molecule is CN(C)c1cccc(-c2cc(-c3nn(-c4nc(C(=O)O)cs4)c(CC4CC4)c3Cc3ccc(SN)c(F)c3)ccc2F)c1. The van der Waals surface area contributed by atoms with Gasteiger partial charge in [-0.25, -0.2) is 23.2 Å². The summed E-state index contributed by atoms with van der Waals surface area (Å²) in [7, 11) is 3.87. The first kappa shape index (κ1) is 29.0. The molecule has 0 radical (unpaired) electrons. The largest absolute Gasteiger partial charge is 0.476 e. The van der Waals surface area contributed by atoms with E-state index in [0.29, 0.717) is 45.6 Å². The van der Waals surface area contributed by atoms with Crippen LogP contribution in [0.4, 0.5) is 14.5 Å². The third kappa shape index (κ3) is 6.06. The average molecular weight is 618 g/mol. The van der Waals surface area contributed by atoms with E-state index in [-0.39, 0.29) is 11.5 Å². The molecule has 43 heavy (non-hydrogen) atoms. The van der Waals surface area contributed by atoms with E-state index < -0.39 is 11.8 Å². The zero-order valence-electron chi connectivity index (χ0n) is 23.6. The van der Waals surface area contributed by atoms with Gasteiger partial charge in [0.05, 0.1) is 16.3 Å². The van der Waals surface area contributed by atoms with Crippen LogP contribution in [0.1, 0.15) is 40.2 Å². The number of nitrogens with two attached hydrogens (primary N) is 1. The van der Waals surface area contributed by atoms with Gasteiger partial charge in [0.1, 0.15) is 11.6 Å². The molecule has 220 valence electrons. The summed E-state index contributed by atoms with van der Waals surface area (Å²) in [5, 5.41) is 22.0. The molecule has 0 saturated heterocycles. The van der Waals surface area contributed by atoms with Gasteiger partial charge < -0.3 is 10.0 Å². The first-order chi connectivity index (χ1) is 20.7. The minimum atomic E-state index is -1.12. The lowest BCUT2D eigenvalue weighted by molar-refractivity contribution is 0.0691. The van der Waals surface area contributed by atoms with Crippen molar-refractivity contribution in [2.75, 3.05) is 19.0 Å². The monoisotopic (exact) mass is 617 g/mol. The number of thiazole rings is 1. The molecule has 6 rings (SSSR count). The number of nitrogens with zero attached hydrogens (tertiary/aromatic N) is 4. The molecule has 0 spiro atoms. The van der Waals surface area contributed by atoms with Crippen LogP contribution in [-0.4, -0.2) is 39.9 Å². The van der Waals surface area contributed by atoms with Gasteiger partial charge in [-0.2, -0.15) is 5.10 Å². The van der Waals surface area contributed by atoms with Crippen molar-refractivity contribution in [3.63, 3.8) is 0 Å². The van der Waals surface area contributed by atoms with Crippen molar-refractivity contribution in [1.82, 2.24) is 14.8 Å². The second-order valence-electron chi connectivity index (χ2n) is 10.9. The van der Waals surface area contributed by atoms with Crippen LogP contribution in [0.15, 0.2) is 70.9 Å². The second-order valence-corrected chi connectivity index (χ2v) is 12.4. The van der Waals surface area contributed by atoms with Crippen LogP contribution >= 0.6 is 23.3 Å². The predicted molar refractivity (Wildman–Crippen MR) is 167 cm³/mol. The molecule has 5 aromatic rings. The number of halogens is 2. The Morgan fingerprint density at radius 1 is 1.09 bits per heavy atom. The first-order valence-electron chi connectivity index (χ1n) is 13.7. The van der Waals surface area contributed by atoms with E-state index in [4.69, 9.17) is 10.2 Å². The molecule has 0 bridgehead atoms. The first-order valence-corrected chi connectivity index (χ1v) is 15.5. The van der Waals surface area contributed by atoms with Crippen molar-refractivity contribution < 1.29 is 18.7 Å². The lowest BCUT2D eigenvalue weighted by atomic mass is 9.94. The molecule has 3 aromatic carbocycles. The Bertz CT molecular complexity index is 1830. The highest BCUT2D eigenvalue weighted by Gasteiger charge is 2.29. The number of carboxylic acids is 1. The van der Waals surface area contributed by atoms with Gasteiger partial charge in [0.25, 0.3) is 0 Å². The number of aromatic nitrogens is 3. The van der Waals surface area contributed by atoms with Gasteiger partial charge in [-0.05, 0) is 90.7 Å². The highest BCUT2D eigenvalue weighted by Crippen LogP contribution is 2.39. The maximum atomic E-state index is 15.3. The average Bonchev–Trinajstić information content (AvgIpc) is 3.55. The smallest absolute Gasteiger partial charge is 0.355 e. The van der Waals surface area contributed by atoms with Gasteiger partial charge in [0, 0.05) is 48.3 Å². The van der Waals surface area contributed by atoms with Gasteiger partial charge in [-0.3, -0.25) is 5.14 Å². The highest BCUT2D eigenvalue weighted by molar-refractivity contribution is 7.97. The van der Waals surface area contributed by atoms with Crippen LogP contribution < -0.4 is 10.0 Å². The molecule has 1 aliphatic rings. The second kappa shape index (κ2) is 11.9. The standard InChI is InChI=1S/C32H29F2N5O2S2/c1-38(2)22-5-3-4-20(15-22)23-16-21(9-10-25(23)33)30-24(12-19-8-11-29(43-35)26(34)13-19)28(14-18-6-7-18)39(37-30)32-36-27(17-42-32)31(40)41/h3-5,8-11,13,15-18H,6-7,12,14,35H2,1-2H3,(H,40,41). The van der Waals surface area contributed by atoms with Crippen molar-refractivity contribution in [1.29, 1.82) is 0 Å². The fourth-order valence-electron chi connectivity index (χ4n) is 5.13. The Kier molecular flexibility index (Phi) is 8.04. The molecule has 3 N–H and O–H groups in total. The van der Waals surface area contributed by atoms with Crippen molar-refractivity contribution >= 4 is 34.9 Å². The van der Waals surface area contributed by atoms with Crippen LogP contribution in [0.3, 0.4) is 0 Å². The number of rotatable bonds is 10. The summed E-state index contributed by atoms with van der Waals surface area (Å²) >= 11 is 2.05. The fourth-order valence-corrected chi connectivity index (χ4v) is 6.22. The lowest BCUT2D eigenvalue weighted by Crippen LogP contribution is -2.08. The van der Waals surface area contributed by atoms with Crippen LogP contribution in [0.2, 0.25) is 0 Å². The molecule has 0 atom stereocenters. The third-order valence-corrected chi connectivity index (χ3v) is 8.98. The maximum Gasteiger partial charge on any atom is 0.355 e. The van der Waals surface area contributed by atoms with E-state index in [1.165, 1.54) is 28.8 Å². The Balaban J connectivity index is 1.53. The summed E-state index contributed by atoms with van der Waals surface area (Å²) in [5.74, 6) is -1.41. The molecule has 0 unspecified atom stereocenters. The molecule has 1 aliphatic carbocycles. The number of carboxylic acid groups (broad SMARTS) is 1. The van der Waals surface area contributed by atoms with Gasteiger partial charge in [0.15, 0.2) is 5.69 Å². The Morgan fingerprint density at radius 2 is 1.91 bits per heavy atom. The Hall–Kier alpha value is -4.06. The van der Waals surface area contributed by atoms with Gasteiger partial charge >= 0.3 is 5.97 Å². The highest BCUT2D eigenvalue weighted by atomic mass is 32.2. The van der Waals surface area contributed by atoms with E-state index in [9.17, 15) is 14.3 Å². The Labute approximate surface area is 256 Å². The van der Waals surface area contributed by atoms with Crippen molar-refractivity contribution in [3.8, 4) is 27.5 Å².